The van der Waals surface area contributed by atoms with E-state index in [0.29, 0.717) is 5.56 Å². The molecule has 2 aromatic heterocycles. The molecule has 0 bridgehead atoms. The van der Waals surface area contributed by atoms with Gasteiger partial charge in [0.25, 0.3) is 0 Å². The lowest BCUT2D eigenvalue weighted by Crippen LogP contribution is -2.44. The van der Waals surface area contributed by atoms with Crippen molar-refractivity contribution in [3.8, 4) is 0 Å². The van der Waals surface area contributed by atoms with E-state index >= 15 is 0 Å². The van der Waals surface area contributed by atoms with Gasteiger partial charge in [-0.05, 0) is 18.2 Å². The molecule has 0 radical (unpaired) electrons. The summed E-state index contributed by atoms with van der Waals surface area (Å²) in [6.45, 7) is 3.70. The van der Waals surface area contributed by atoms with Crippen molar-refractivity contribution in [1.82, 2.24) is 15.3 Å². The number of anilines is 1. The monoisotopic (exact) mass is 322 g/mol. The van der Waals surface area contributed by atoms with Crippen LogP contribution in [0, 0.1) is 0 Å². The minimum Gasteiger partial charge on any atom is -0.465 e. The number of methoxy groups -OCH3 is 1. The number of carbonyl (C=O) groups excluding carboxylic acids is 1. The summed E-state index contributed by atoms with van der Waals surface area (Å²) in [6, 6.07) is 7.49. The number of benzene rings is 1. The number of piperazine rings is 1. The first kappa shape index (κ1) is 14.8. The Kier molecular flexibility index (Phi) is 3.74. The molecule has 3 aromatic rings. The fourth-order valence-electron chi connectivity index (χ4n) is 3.19. The summed E-state index contributed by atoms with van der Waals surface area (Å²) in [5.74, 6) is 0.595. The normalized spacial score (nSPS) is 15.0. The maximum atomic E-state index is 11.8. The molecule has 0 aliphatic carbocycles. The van der Waals surface area contributed by atoms with Crippen LogP contribution in [0.5, 0.6) is 0 Å². The van der Waals surface area contributed by atoms with Gasteiger partial charge in [0, 0.05) is 54.7 Å². The smallest absolute Gasteiger partial charge is 0.337 e. The third-order valence-electron chi connectivity index (χ3n) is 4.41. The van der Waals surface area contributed by atoms with Gasteiger partial charge in [0.15, 0.2) is 0 Å². The van der Waals surface area contributed by atoms with Gasteiger partial charge in [0.1, 0.15) is 5.82 Å². The van der Waals surface area contributed by atoms with Crippen molar-refractivity contribution >= 4 is 33.5 Å². The summed E-state index contributed by atoms with van der Waals surface area (Å²) in [5, 5.41) is 6.49. The number of hydrogen-bond donors (Lipinski definition) is 1. The highest BCUT2D eigenvalue weighted by Gasteiger charge is 2.17. The standard InChI is InChI=1S/C18H18N4O2/c1-24-18(23)12-2-3-13-15-11-20-5-4-14(15)17(21-16(13)10-12)22-8-6-19-7-9-22/h2-5,10-11,19H,6-9H2,1H3. The molecule has 6 nitrogen and oxygen atoms in total. The molecule has 1 aliphatic heterocycles. The predicted molar refractivity (Wildman–Crippen MR) is 93.5 cm³/mol. The number of nitrogens with zero attached hydrogens (tertiary/aromatic N) is 3. The Hall–Kier alpha value is -2.73. The first-order chi connectivity index (χ1) is 11.8. The van der Waals surface area contributed by atoms with Gasteiger partial charge in [0.2, 0.25) is 0 Å². The molecule has 0 saturated carbocycles. The lowest BCUT2D eigenvalue weighted by atomic mass is 10.1. The molecular weight excluding hydrogens is 304 g/mol. The highest BCUT2D eigenvalue weighted by molar-refractivity contribution is 6.11. The second kappa shape index (κ2) is 6.05. The second-order valence-corrected chi connectivity index (χ2v) is 5.82. The molecule has 24 heavy (non-hydrogen) atoms. The van der Waals surface area contributed by atoms with Gasteiger partial charge in [-0.25, -0.2) is 9.78 Å². The van der Waals surface area contributed by atoms with Crippen molar-refractivity contribution in [2.24, 2.45) is 0 Å². The minimum atomic E-state index is -0.353. The fourth-order valence-corrected chi connectivity index (χ4v) is 3.19. The molecule has 0 amide bonds. The van der Waals surface area contributed by atoms with Crippen LogP contribution in [0.25, 0.3) is 21.7 Å². The Morgan fingerprint density at radius 3 is 2.79 bits per heavy atom. The molecule has 1 N–H and O–H groups in total. The lowest BCUT2D eigenvalue weighted by Gasteiger charge is -2.29. The minimum absolute atomic E-state index is 0.353. The molecule has 1 aliphatic rings. The van der Waals surface area contributed by atoms with Crippen molar-refractivity contribution in [3.05, 3.63) is 42.2 Å². The number of ether oxygens (including phenoxy) is 1. The zero-order chi connectivity index (χ0) is 16.5. The van der Waals surface area contributed by atoms with E-state index in [9.17, 15) is 4.79 Å². The molecule has 0 spiro atoms. The quantitative estimate of drug-likeness (QED) is 0.575. The molecule has 1 fully saturated rings. The SMILES string of the molecule is COC(=O)c1ccc2c(c1)nc(N1CCNCC1)c1ccncc12. The number of hydrogen-bond acceptors (Lipinski definition) is 6. The number of rotatable bonds is 2. The van der Waals surface area contributed by atoms with Crippen molar-refractivity contribution < 1.29 is 9.53 Å². The highest BCUT2D eigenvalue weighted by atomic mass is 16.5. The largest absolute Gasteiger partial charge is 0.465 e. The zero-order valence-electron chi connectivity index (χ0n) is 13.5. The van der Waals surface area contributed by atoms with E-state index in [-0.39, 0.29) is 5.97 Å². The van der Waals surface area contributed by atoms with Gasteiger partial charge in [-0.1, -0.05) is 6.07 Å². The average molecular weight is 322 g/mol. The van der Waals surface area contributed by atoms with E-state index in [1.807, 2.05) is 18.3 Å². The number of esters is 1. The Morgan fingerprint density at radius 2 is 2.00 bits per heavy atom. The van der Waals surface area contributed by atoms with Crippen molar-refractivity contribution in [3.63, 3.8) is 0 Å². The molecule has 122 valence electrons. The molecular formula is C18H18N4O2. The van der Waals surface area contributed by atoms with Crippen molar-refractivity contribution in [2.75, 3.05) is 38.2 Å². The van der Waals surface area contributed by atoms with Gasteiger partial charge >= 0.3 is 5.97 Å². The lowest BCUT2D eigenvalue weighted by molar-refractivity contribution is 0.0601. The number of nitrogens with one attached hydrogen (secondary N) is 1. The summed E-state index contributed by atoms with van der Waals surface area (Å²) in [4.78, 5) is 23.2. The summed E-state index contributed by atoms with van der Waals surface area (Å²) in [7, 11) is 1.39. The maximum Gasteiger partial charge on any atom is 0.337 e. The molecule has 4 rings (SSSR count). The Labute approximate surface area is 139 Å². The first-order valence-electron chi connectivity index (χ1n) is 7.99. The zero-order valence-corrected chi connectivity index (χ0v) is 13.5. The molecule has 0 unspecified atom stereocenters. The Morgan fingerprint density at radius 1 is 1.17 bits per heavy atom. The van der Waals surface area contributed by atoms with Crippen LogP contribution in [0.3, 0.4) is 0 Å². The predicted octanol–water partition coefficient (Wildman–Crippen LogP) is 1.98. The van der Waals surface area contributed by atoms with Crippen LogP contribution in [0.1, 0.15) is 10.4 Å². The first-order valence-corrected chi connectivity index (χ1v) is 7.99. The number of carbonyl (C=O) groups is 1. The maximum absolute atomic E-state index is 11.8. The van der Waals surface area contributed by atoms with Gasteiger partial charge in [-0.2, -0.15) is 0 Å². The van der Waals surface area contributed by atoms with Crippen molar-refractivity contribution in [1.29, 1.82) is 0 Å². The summed E-state index contributed by atoms with van der Waals surface area (Å²) >= 11 is 0. The van der Waals surface area contributed by atoms with Gasteiger partial charge in [0.05, 0.1) is 18.2 Å². The third kappa shape index (κ3) is 2.45. The van der Waals surface area contributed by atoms with Crippen LogP contribution in [0.2, 0.25) is 0 Å². The van der Waals surface area contributed by atoms with Gasteiger partial charge in [-0.3, -0.25) is 4.98 Å². The third-order valence-corrected chi connectivity index (χ3v) is 4.41. The Balaban J connectivity index is 1.96. The number of fused-ring (bicyclic) bond motifs is 3. The molecule has 6 heteroatoms. The molecule has 0 atom stereocenters. The summed E-state index contributed by atoms with van der Waals surface area (Å²) in [5.41, 5.74) is 1.29. The molecule has 1 saturated heterocycles. The fraction of sp³-hybridized carbons (Fsp3) is 0.278. The average Bonchev–Trinajstić information content (AvgIpc) is 2.67. The summed E-state index contributed by atoms with van der Waals surface area (Å²) in [6.07, 6.45) is 3.66. The number of aromatic nitrogens is 2. The topological polar surface area (TPSA) is 67.3 Å². The van der Waals surface area contributed by atoms with Crippen LogP contribution < -0.4 is 10.2 Å². The number of pyridine rings is 2. The Bertz CT molecular complexity index is 919. The second-order valence-electron chi connectivity index (χ2n) is 5.82. The van der Waals surface area contributed by atoms with Crippen LogP contribution in [0.4, 0.5) is 5.82 Å². The van der Waals surface area contributed by atoms with Crippen molar-refractivity contribution in [2.45, 2.75) is 0 Å². The van der Waals surface area contributed by atoms with Crippen LogP contribution in [-0.2, 0) is 4.74 Å². The molecule has 3 heterocycles. The highest BCUT2D eigenvalue weighted by Crippen LogP contribution is 2.31. The van der Waals surface area contributed by atoms with E-state index in [1.165, 1.54) is 7.11 Å². The van der Waals surface area contributed by atoms with Gasteiger partial charge in [-0.15, -0.1) is 0 Å². The van der Waals surface area contributed by atoms with E-state index in [1.54, 1.807) is 18.3 Å². The summed E-state index contributed by atoms with van der Waals surface area (Å²) < 4.78 is 4.82. The van der Waals surface area contributed by atoms with E-state index in [0.717, 1.165) is 53.7 Å². The van der Waals surface area contributed by atoms with Crippen LogP contribution >= 0.6 is 0 Å². The van der Waals surface area contributed by atoms with Crippen LogP contribution in [-0.4, -0.2) is 49.2 Å². The van der Waals surface area contributed by atoms with E-state index in [4.69, 9.17) is 9.72 Å². The molecule has 1 aromatic carbocycles. The van der Waals surface area contributed by atoms with E-state index < -0.39 is 0 Å². The van der Waals surface area contributed by atoms with E-state index in [2.05, 4.69) is 15.2 Å². The van der Waals surface area contributed by atoms with Gasteiger partial charge < -0.3 is 15.0 Å². The van der Waals surface area contributed by atoms with Crippen LogP contribution in [0.15, 0.2) is 36.7 Å².